The molecule has 0 unspecified atom stereocenters. The van der Waals surface area contributed by atoms with Gasteiger partial charge >= 0.3 is 0 Å². The van der Waals surface area contributed by atoms with Gasteiger partial charge in [0.1, 0.15) is 0 Å². The molecule has 13 rings (SSSR count). The van der Waals surface area contributed by atoms with Crippen molar-refractivity contribution in [3.05, 3.63) is 246 Å². The van der Waals surface area contributed by atoms with Crippen LogP contribution in [0.25, 0.3) is 72.8 Å². The van der Waals surface area contributed by atoms with Gasteiger partial charge in [0.25, 0.3) is 0 Å². The van der Waals surface area contributed by atoms with E-state index in [2.05, 4.69) is 161 Å². The molecule has 65 heavy (non-hydrogen) atoms. The first-order valence-corrected chi connectivity index (χ1v) is 21.8. The van der Waals surface area contributed by atoms with Crippen molar-refractivity contribution in [2.45, 2.75) is 5.41 Å². The largest absolute Gasteiger partial charge is 0.310 e. The van der Waals surface area contributed by atoms with Crippen LogP contribution in [0.3, 0.4) is 0 Å². The molecule has 0 saturated carbocycles. The third-order valence-electron chi connectivity index (χ3n) is 13.3. The molecule has 302 valence electrons. The van der Waals surface area contributed by atoms with Gasteiger partial charge in [0.2, 0.25) is 0 Å². The molecular weight excluding hydrogens is 793 g/mol. The van der Waals surface area contributed by atoms with E-state index in [4.69, 9.17) is 15.0 Å². The van der Waals surface area contributed by atoms with Crippen LogP contribution in [0.2, 0.25) is 0 Å². The molecule has 3 heterocycles. The summed E-state index contributed by atoms with van der Waals surface area (Å²) < 4.78 is 2.41. The van der Waals surface area contributed by atoms with Crippen LogP contribution >= 0.6 is 0 Å². The molecule has 6 nitrogen and oxygen atoms in total. The zero-order chi connectivity index (χ0) is 43.1. The lowest BCUT2D eigenvalue weighted by Gasteiger charge is -2.45. The van der Waals surface area contributed by atoms with Crippen LogP contribution in [0.5, 0.6) is 0 Å². The first-order valence-electron chi connectivity index (χ1n) is 21.8. The van der Waals surface area contributed by atoms with Crippen LogP contribution in [-0.4, -0.2) is 19.5 Å². The van der Waals surface area contributed by atoms with Gasteiger partial charge in [-0.25, -0.2) is 15.0 Å². The molecule has 0 N–H and O–H groups in total. The summed E-state index contributed by atoms with van der Waals surface area (Å²) in [6.45, 7) is 0. The van der Waals surface area contributed by atoms with E-state index in [0.29, 0.717) is 28.6 Å². The van der Waals surface area contributed by atoms with E-state index in [1.807, 2.05) is 72.8 Å². The zero-order valence-corrected chi connectivity index (χ0v) is 35.0. The standard InChI is InChI=1S/C59H36N6/c60-37-40-31-32-41(35-46(40)58-62-56(38-17-3-1-4-18-38)61-57(63-58)39-19-5-2-6-20-39)65-54-29-15-11-25-50(54)59(51-26-12-16-30-55(51)65)48-24-10-7-21-43(48)47-36-42(33-34-49(47)59)64-52-27-13-8-22-44(52)45-23-9-14-28-53(45)64/h1-36H. The fraction of sp³-hybridized carbons (Fsp3) is 0.0169. The van der Waals surface area contributed by atoms with Gasteiger partial charge in [-0.2, -0.15) is 5.26 Å². The van der Waals surface area contributed by atoms with Gasteiger partial charge < -0.3 is 9.47 Å². The Hall–Kier alpha value is -8.92. The Labute approximate surface area is 375 Å². The average molecular weight is 829 g/mol. The molecule has 1 aliphatic heterocycles. The summed E-state index contributed by atoms with van der Waals surface area (Å²) in [6, 6.07) is 79.3. The summed E-state index contributed by atoms with van der Waals surface area (Å²) in [5.41, 5.74) is 16.0. The van der Waals surface area contributed by atoms with E-state index in [0.717, 1.165) is 33.9 Å². The van der Waals surface area contributed by atoms with Crippen molar-refractivity contribution < 1.29 is 0 Å². The number of hydrogen-bond acceptors (Lipinski definition) is 5. The number of fused-ring (bicyclic) bond motifs is 12. The summed E-state index contributed by atoms with van der Waals surface area (Å²) in [5.74, 6) is 1.52. The van der Waals surface area contributed by atoms with E-state index in [9.17, 15) is 5.26 Å². The quantitative estimate of drug-likeness (QED) is 0.173. The van der Waals surface area contributed by atoms with Crippen molar-refractivity contribution in [2.75, 3.05) is 4.90 Å². The van der Waals surface area contributed by atoms with Crippen molar-refractivity contribution in [1.29, 1.82) is 5.26 Å². The minimum absolute atomic E-state index is 0.434. The number of hydrogen-bond donors (Lipinski definition) is 0. The van der Waals surface area contributed by atoms with Gasteiger partial charge in [0.15, 0.2) is 17.5 Å². The Balaban J connectivity index is 1.02. The van der Waals surface area contributed by atoms with Crippen LogP contribution in [0.15, 0.2) is 218 Å². The third-order valence-corrected chi connectivity index (χ3v) is 13.3. The Kier molecular flexibility index (Phi) is 8.08. The highest BCUT2D eigenvalue weighted by molar-refractivity contribution is 6.09. The number of rotatable bonds is 5. The third kappa shape index (κ3) is 5.36. The van der Waals surface area contributed by atoms with E-state index >= 15 is 0 Å². The predicted molar refractivity (Wildman–Crippen MR) is 261 cm³/mol. The highest BCUT2D eigenvalue weighted by Gasteiger charge is 2.51. The summed E-state index contributed by atoms with van der Waals surface area (Å²) in [6.07, 6.45) is 0. The lowest BCUT2D eigenvalue weighted by atomic mass is 9.64. The molecule has 0 saturated heterocycles. The molecule has 2 aliphatic rings. The van der Waals surface area contributed by atoms with Gasteiger partial charge in [-0.3, -0.25) is 0 Å². The predicted octanol–water partition coefficient (Wildman–Crippen LogP) is 14.0. The first-order chi connectivity index (χ1) is 32.2. The Bertz CT molecular complexity index is 3590. The molecule has 2 aromatic heterocycles. The summed E-state index contributed by atoms with van der Waals surface area (Å²) in [5, 5.41) is 13.1. The number of para-hydroxylation sites is 4. The highest BCUT2D eigenvalue weighted by Crippen LogP contribution is 2.63. The van der Waals surface area contributed by atoms with Crippen LogP contribution in [0.4, 0.5) is 17.1 Å². The smallest absolute Gasteiger partial charge is 0.165 e. The molecule has 0 fully saturated rings. The minimum Gasteiger partial charge on any atom is -0.310 e. The van der Waals surface area contributed by atoms with E-state index in [1.165, 1.54) is 55.2 Å². The lowest BCUT2D eigenvalue weighted by molar-refractivity contribution is 0.752. The summed E-state index contributed by atoms with van der Waals surface area (Å²) in [4.78, 5) is 17.4. The SMILES string of the molecule is N#Cc1ccc(N2c3ccccc3C3(c4ccccc4-c4cc(-n5c6ccccc6c6ccccc65)ccc43)c3ccccc32)cc1-c1nc(-c2ccccc2)nc(-c2ccccc2)n1. The fourth-order valence-corrected chi connectivity index (χ4v) is 10.6. The Morgan fingerprint density at radius 2 is 0.862 bits per heavy atom. The van der Waals surface area contributed by atoms with Gasteiger partial charge in [-0.15, -0.1) is 0 Å². The number of nitrogens with zero attached hydrogens (tertiary/aromatic N) is 6. The maximum atomic E-state index is 10.6. The van der Waals surface area contributed by atoms with Gasteiger partial charge in [-0.1, -0.05) is 164 Å². The van der Waals surface area contributed by atoms with Crippen LogP contribution in [0, 0.1) is 11.3 Å². The van der Waals surface area contributed by atoms with E-state index in [-0.39, 0.29) is 0 Å². The average Bonchev–Trinajstić information content (AvgIpc) is 3.87. The van der Waals surface area contributed by atoms with E-state index < -0.39 is 5.41 Å². The van der Waals surface area contributed by atoms with Crippen molar-refractivity contribution in [3.8, 4) is 57.0 Å². The van der Waals surface area contributed by atoms with Crippen molar-refractivity contribution >= 4 is 38.9 Å². The Morgan fingerprint density at radius 3 is 1.48 bits per heavy atom. The molecule has 0 atom stereocenters. The lowest BCUT2D eigenvalue weighted by Crippen LogP contribution is -2.36. The second kappa shape index (κ2) is 14.3. The summed E-state index contributed by atoms with van der Waals surface area (Å²) in [7, 11) is 0. The van der Waals surface area contributed by atoms with Gasteiger partial charge in [0.05, 0.1) is 39.5 Å². The molecule has 9 aromatic carbocycles. The van der Waals surface area contributed by atoms with Crippen molar-refractivity contribution in [1.82, 2.24) is 19.5 Å². The Morgan fingerprint density at radius 1 is 0.385 bits per heavy atom. The van der Waals surface area contributed by atoms with Crippen molar-refractivity contribution in [2.24, 2.45) is 0 Å². The number of anilines is 3. The normalized spacial score (nSPS) is 13.0. The molecule has 0 bridgehead atoms. The topological polar surface area (TPSA) is 70.6 Å². The maximum absolute atomic E-state index is 10.6. The van der Waals surface area contributed by atoms with E-state index in [1.54, 1.807) is 0 Å². The van der Waals surface area contributed by atoms with Gasteiger partial charge in [0, 0.05) is 38.8 Å². The molecule has 0 amide bonds. The highest BCUT2D eigenvalue weighted by atomic mass is 15.2. The maximum Gasteiger partial charge on any atom is 0.165 e. The fourth-order valence-electron chi connectivity index (χ4n) is 10.6. The molecule has 1 aliphatic carbocycles. The minimum atomic E-state index is -0.617. The summed E-state index contributed by atoms with van der Waals surface area (Å²) >= 11 is 0. The zero-order valence-electron chi connectivity index (χ0n) is 35.0. The van der Waals surface area contributed by atoms with Crippen molar-refractivity contribution in [3.63, 3.8) is 0 Å². The first kappa shape index (κ1) is 36.7. The van der Waals surface area contributed by atoms with Crippen LogP contribution < -0.4 is 4.90 Å². The number of aromatic nitrogens is 4. The molecule has 0 radical (unpaired) electrons. The second-order valence-electron chi connectivity index (χ2n) is 16.6. The molecule has 11 aromatic rings. The molecule has 6 heteroatoms. The number of nitriles is 1. The second-order valence-corrected chi connectivity index (χ2v) is 16.6. The monoisotopic (exact) mass is 828 g/mol. The molecular formula is C59H36N6. The van der Waals surface area contributed by atoms with Crippen LogP contribution in [-0.2, 0) is 5.41 Å². The van der Waals surface area contributed by atoms with Gasteiger partial charge in [-0.05, 0) is 88.0 Å². The molecule has 1 spiro atoms. The van der Waals surface area contributed by atoms with Crippen LogP contribution in [0.1, 0.15) is 27.8 Å². The number of benzene rings is 9.